The number of fused-ring (bicyclic) bond motifs is 9. The molecule has 0 bridgehead atoms. The summed E-state index contributed by atoms with van der Waals surface area (Å²) >= 11 is 0. The minimum Gasteiger partial charge on any atom is -0.310 e. The lowest BCUT2D eigenvalue weighted by atomic mass is 9.82. The van der Waals surface area contributed by atoms with Gasteiger partial charge in [-0.2, -0.15) is 0 Å². The molecule has 8 aromatic carbocycles. The number of anilines is 3. The zero-order valence-electron chi connectivity index (χ0n) is 24.9. The van der Waals surface area contributed by atoms with Crippen molar-refractivity contribution in [1.29, 1.82) is 0 Å². The molecule has 0 spiro atoms. The van der Waals surface area contributed by atoms with Gasteiger partial charge < -0.3 is 4.90 Å². The van der Waals surface area contributed by atoms with Crippen LogP contribution in [0.5, 0.6) is 0 Å². The zero-order chi connectivity index (χ0) is 29.4. The van der Waals surface area contributed by atoms with Gasteiger partial charge >= 0.3 is 0 Å². The third-order valence-electron chi connectivity index (χ3n) is 9.80. The first-order chi connectivity index (χ1) is 21.6. The van der Waals surface area contributed by atoms with Crippen molar-refractivity contribution >= 4 is 60.2 Å². The molecule has 0 aliphatic heterocycles. The monoisotopic (exact) mass is 561 g/mol. The number of benzene rings is 8. The number of nitrogens with zero attached hydrogens (tertiary/aromatic N) is 1. The van der Waals surface area contributed by atoms with Gasteiger partial charge in [-0.15, -0.1) is 0 Å². The molecule has 0 heterocycles. The van der Waals surface area contributed by atoms with Crippen molar-refractivity contribution < 1.29 is 0 Å². The maximum absolute atomic E-state index is 2.43. The predicted octanol–water partition coefficient (Wildman–Crippen LogP) is 12.1. The molecule has 0 radical (unpaired) electrons. The highest BCUT2D eigenvalue weighted by Crippen LogP contribution is 2.51. The Hall–Kier alpha value is -5.40. The Morgan fingerprint density at radius 2 is 0.818 bits per heavy atom. The van der Waals surface area contributed by atoms with Crippen molar-refractivity contribution in [2.45, 2.75) is 19.3 Å². The first kappa shape index (κ1) is 25.1. The molecule has 0 atom stereocenters. The molecule has 9 rings (SSSR count). The summed E-state index contributed by atoms with van der Waals surface area (Å²) in [5.41, 5.74) is 8.86. The van der Waals surface area contributed by atoms with E-state index in [-0.39, 0.29) is 5.41 Å². The van der Waals surface area contributed by atoms with Gasteiger partial charge in [0, 0.05) is 22.5 Å². The minimum atomic E-state index is -0.0712. The summed E-state index contributed by atoms with van der Waals surface area (Å²) in [6.07, 6.45) is 0. The summed E-state index contributed by atoms with van der Waals surface area (Å²) in [6.45, 7) is 4.71. The SMILES string of the molecule is CC1(C)c2ccccc2-c2ccc(N(c3ccc4c(ccc5ccccc54)c3)c3ccc4c(ccc5ccccc54)c3)cc21. The van der Waals surface area contributed by atoms with E-state index in [0.29, 0.717) is 0 Å². The fourth-order valence-corrected chi connectivity index (χ4v) is 7.56. The molecule has 1 heteroatoms. The minimum absolute atomic E-state index is 0.0712. The highest BCUT2D eigenvalue weighted by Gasteiger charge is 2.35. The Labute approximate surface area is 257 Å². The van der Waals surface area contributed by atoms with Crippen LogP contribution in [-0.2, 0) is 5.41 Å². The molecule has 44 heavy (non-hydrogen) atoms. The van der Waals surface area contributed by atoms with Crippen molar-refractivity contribution in [3.63, 3.8) is 0 Å². The average Bonchev–Trinajstić information content (AvgIpc) is 3.30. The summed E-state index contributed by atoms with van der Waals surface area (Å²) in [4.78, 5) is 2.43. The van der Waals surface area contributed by atoms with Gasteiger partial charge in [-0.05, 0) is 102 Å². The van der Waals surface area contributed by atoms with Gasteiger partial charge in [0.15, 0.2) is 0 Å². The van der Waals surface area contributed by atoms with E-state index >= 15 is 0 Å². The van der Waals surface area contributed by atoms with Crippen LogP contribution in [0.4, 0.5) is 17.1 Å². The topological polar surface area (TPSA) is 3.24 Å². The van der Waals surface area contributed by atoms with Crippen LogP contribution in [0.2, 0.25) is 0 Å². The van der Waals surface area contributed by atoms with Crippen LogP contribution in [0.1, 0.15) is 25.0 Å². The van der Waals surface area contributed by atoms with E-state index in [0.717, 1.165) is 11.4 Å². The number of rotatable bonds is 3. The summed E-state index contributed by atoms with van der Waals surface area (Å²) in [6, 6.07) is 56.1. The molecule has 8 aromatic rings. The molecule has 0 saturated carbocycles. The van der Waals surface area contributed by atoms with Crippen molar-refractivity contribution in [1.82, 2.24) is 0 Å². The second kappa shape index (κ2) is 9.30. The smallest absolute Gasteiger partial charge is 0.0468 e. The molecule has 1 nitrogen and oxygen atoms in total. The van der Waals surface area contributed by atoms with Crippen molar-refractivity contribution in [2.24, 2.45) is 0 Å². The fourth-order valence-electron chi connectivity index (χ4n) is 7.56. The molecular formula is C43H31N. The quantitative estimate of drug-likeness (QED) is 0.194. The molecule has 1 aliphatic carbocycles. The number of hydrogen-bond donors (Lipinski definition) is 0. The van der Waals surface area contributed by atoms with Crippen molar-refractivity contribution in [3.05, 3.63) is 163 Å². The van der Waals surface area contributed by atoms with Gasteiger partial charge in [0.25, 0.3) is 0 Å². The maximum Gasteiger partial charge on any atom is 0.0468 e. The molecule has 0 amide bonds. The zero-order valence-corrected chi connectivity index (χ0v) is 24.9. The van der Waals surface area contributed by atoms with Crippen molar-refractivity contribution in [3.8, 4) is 11.1 Å². The second-order valence-corrected chi connectivity index (χ2v) is 12.6. The van der Waals surface area contributed by atoms with Crippen LogP contribution >= 0.6 is 0 Å². The van der Waals surface area contributed by atoms with E-state index in [9.17, 15) is 0 Å². The molecule has 0 fully saturated rings. The lowest BCUT2D eigenvalue weighted by Crippen LogP contribution is -2.16. The lowest BCUT2D eigenvalue weighted by Gasteiger charge is -2.28. The Balaban J connectivity index is 1.27. The van der Waals surface area contributed by atoms with Gasteiger partial charge in [0.2, 0.25) is 0 Å². The van der Waals surface area contributed by atoms with Crippen molar-refractivity contribution in [2.75, 3.05) is 4.90 Å². The molecule has 0 N–H and O–H groups in total. The maximum atomic E-state index is 2.43. The molecule has 208 valence electrons. The first-order valence-electron chi connectivity index (χ1n) is 15.4. The predicted molar refractivity (Wildman–Crippen MR) is 189 cm³/mol. The summed E-state index contributed by atoms with van der Waals surface area (Å²) in [5.74, 6) is 0. The van der Waals surface area contributed by atoms with Crippen LogP contribution < -0.4 is 4.90 Å². The fraction of sp³-hybridized carbons (Fsp3) is 0.0698. The molecule has 0 saturated heterocycles. The van der Waals surface area contributed by atoms with E-state index in [1.54, 1.807) is 0 Å². The average molecular weight is 562 g/mol. The van der Waals surface area contributed by atoms with E-state index in [1.807, 2.05) is 0 Å². The van der Waals surface area contributed by atoms with Gasteiger partial charge in [0.1, 0.15) is 0 Å². The Bertz CT molecular complexity index is 2310. The largest absolute Gasteiger partial charge is 0.310 e. The van der Waals surface area contributed by atoms with Gasteiger partial charge in [0.05, 0.1) is 0 Å². The third-order valence-corrected chi connectivity index (χ3v) is 9.80. The summed E-state index contributed by atoms with van der Waals surface area (Å²) < 4.78 is 0. The lowest BCUT2D eigenvalue weighted by molar-refractivity contribution is 0.660. The van der Waals surface area contributed by atoms with Crippen LogP contribution in [-0.4, -0.2) is 0 Å². The normalized spacial score (nSPS) is 13.4. The van der Waals surface area contributed by atoms with Gasteiger partial charge in [-0.3, -0.25) is 0 Å². The van der Waals surface area contributed by atoms with E-state index in [1.165, 1.54) is 71.0 Å². The van der Waals surface area contributed by atoms with Crippen LogP contribution in [0.25, 0.3) is 54.2 Å². The highest BCUT2D eigenvalue weighted by atomic mass is 15.1. The Kier molecular flexibility index (Phi) is 5.31. The second-order valence-electron chi connectivity index (χ2n) is 12.6. The summed E-state index contributed by atoms with van der Waals surface area (Å²) in [5, 5.41) is 10.2. The summed E-state index contributed by atoms with van der Waals surface area (Å²) in [7, 11) is 0. The van der Waals surface area contributed by atoms with E-state index in [2.05, 4.69) is 170 Å². The number of hydrogen-bond acceptors (Lipinski definition) is 1. The third kappa shape index (κ3) is 3.66. The van der Waals surface area contributed by atoms with Gasteiger partial charge in [-0.25, -0.2) is 0 Å². The Morgan fingerprint density at radius 3 is 1.45 bits per heavy atom. The molecule has 0 unspecified atom stereocenters. The van der Waals surface area contributed by atoms with Crippen LogP contribution in [0.3, 0.4) is 0 Å². The van der Waals surface area contributed by atoms with Gasteiger partial charge in [-0.1, -0.05) is 129 Å². The standard InChI is InChI=1S/C43H31N/c1-43(2)41-14-8-7-13-39(41)40-24-21-34(27-42(40)43)44(32-19-22-37-30(25-32)17-15-28-9-3-5-11-35(28)37)33-20-23-38-31(26-33)18-16-29-10-4-6-12-36(29)38/h3-27H,1-2H3. The van der Waals surface area contributed by atoms with E-state index < -0.39 is 0 Å². The molecular weight excluding hydrogens is 530 g/mol. The molecule has 0 aromatic heterocycles. The Morgan fingerprint density at radius 1 is 0.364 bits per heavy atom. The van der Waals surface area contributed by atoms with Crippen LogP contribution in [0.15, 0.2) is 152 Å². The first-order valence-corrected chi connectivity index (χ1v) is 15.4. The molecule has 1 aliphatic rings. The van der Waals surface area contributed by atoms with Crippen LogP contribution in [0, 0.1) is 0 Å². The highest BCUT2D eigenvalue weighted by molar-refractivity contribution is 6.10. The van der Waals surface area contributed by atoms with E-state index in [4.69, 9.17) is 0 Å².